The predicted molar refractivity (Wildman–Crippen MR) is 96.2 cm³/mol. The van der Waals surface area contributed by atoms with Crippen molar-refractivity contribution in [1.82, 2.24) is 15.2 Å². The molecule has 2 fully saturated rings. The van der Waals surface area contributed by atoms with Crippen molar-refractivity contribution in [3.8, 4) is 0 Å². The summed E-state index contributed by atoms with van der Waals surface area (Å²) in [4.78, 5) is 30.4. The smallest absolute Gasteiger partial charge is 0.240 e. The van der Waals surface area contributed by atoms with Crippen LogP contribution < -0.4 is 5.32 Å². The summed E-state index contributed by atoms with van der Waals surface area (Å²) in [7, 11) is 0. The Balaban J connectivity index is 1.42. The first-order chi connectivity index (χ1) is 11.7. The number of ketones is 1. The van der Waals surface area contributed by atoms with Crippen LogP contribution in [0.15, 0.2) is 30.5 Å². The van der Waals surface area contributed by atoms with Gasteiger partial charge in [-0.05, 0) is 18.9 Å². The Hall–Kier alpha value is -1.79. The van der Waals surface area contributed by atoms with Crippen molar-refractivity contribution in [1.29, 1.82) is 0 Å². The fourth-order valence-corrected chi connectivity index (χ4v) is 4.56. The Bertz CT molecular complexity index is 758. The summed E-state index contributed by atoms with van der Waals surface area (Å²) in [5, 5.41) is 4.22. The number of carbonyl (C=O) groups is 2. The number of nitrogens with zero attached hydrogens (tertiary/aromatic N) is 1. The topological polar surface area (TPSA) is 65.2 Å². The zero-order valence-electron chi connectivity index (χ0n) is 13.5. The summed E-state index contributed by atoms with van der Waals surface area (Å²) in [6, 6.07) is 7.85. The van der Waals surface area contributed by atoms with E-state index in [1.54, 1.807) is 11.8 Å². The number of rotatable bonds is 3. The molecule has 3 heterocycles. The molecule has 1 atom stereocenters. The van der Waals surface area contributed by atoms with Gasteiger partial charge in [-0.3, -0.25) is 14.9 Å². The minimum absolute atomic E-state index is 0.0131. The molecule has 2 N–H and O–H groups in total. The van der Waals surface area contributed by atoms with Crippen molar-refractivity contribution in [2.24, 2.45) is 5.92 Å². The molecule has 1 unspecified atom stereocenters. The van der Waals surface area contributed by atoms with E-state index < -0.39 is 0 Å². The monoisotopic (exact) mass is 343 g/mol. The number of Topliss-reactive ketones (excluding diaryl/α,β-unsaturated/α-hetero) is 1. The molecule has 2 aliphatic rings. The second-order valence-corrected chi connectivity index (χ2v) is 7.51. The number of benzene rings is 1. The Labute approximate surface area is 145 Å². The van der Waals surface area contributed by atoms with Crippen molar-refractivity contribution in [3.05, 3.63) is 36.0 Å². The van der Waals surface area contributed by atoms with Gasteiger partial charge in [0.15, 0.2) is 5.78 Å². The average Bonchev–Trinajstić information content (AvgIpc) is 3.30. The third-order valence-corrected chi connectivity index (χ3v) is 5.99. The normalized spacial score (nSPS) is 22.2. The second-order valence-electron chi connectivity index (χ2n) is 6.48. The molecule has 4 rings (SSSR count). The molecular formula is C18H21N3O2S. The van der Waals surface area contributed by atoms with Gasteiger partial charge >= 0.3 is 0 Å². The molecular weight excluding hydrogens is 322 g/mol. The van der Waals surface area contributed by atoms with Gasteiger partial charge in [-0.1, -0.05) is 18.2 Å². The van der Waals surface area contributed by atoms with Gasteiger partial charge in [-0.15, -0.1) is 11.8 Å². The van der Waals surface area contributed by atoms with E-state index in [1.165, 1.54) is 0 Å². The molecule has 24 heavy (non-hydrogen) atoms. The minimum Gasteiger partial charge on any atom is -0.360 e. The highest BCUT2D eigenvalue weighted by Crippen LogP contribution is 2.27. The Morgan fingerprint density at radius 3 is 2.71 bits per heavy atom. The van der Waals surface area contributed by atoms with Gasteiger partial charge in [-0.2, -0.15) is 0 Å². The number of piperidine rings is 1. The summed E-state index contributed by atoms with van der Waals surface area (Å²) in [5.41, 5.74) is 1.78. The lowest BCUT2D eigenvalue weighted by atomic mass is 9.88. The van der Waals surface area contributed by atoms with Crippen molar-refractivity contribution < 1.29 is 9.59 Å². The van der Waals surface area contributed by atoms with Crippen LogP contribution in [0, 0.1) is 5.92 Å². The Kier molecular flexibility index (Phi) is 4.33. The zero-order valence-corrected chi connectivity index (χ0v) is 14.3. The zero-order chi connectivity index (χ0) is 16.5. The van der Waals surface area contributed by atoms with E-state index >= 15 is 0 Å². The van der Waals surface area contributed by atoms with Crippen LogP contribution in [-0.4, -0.2) is 52.3 Å². The molecule has 0 spiro atoms. The van der Waals surface area contributed by atoms with E-state index in [0.29, 0.717) is 13.1 Å². The summed E-state index contributed by atoms with van der Waals surface area (Å²) in [6.07, 6.45) is 3.33. The summed E-state index contributed by atoms with van der Waals surface area (Å²) in [5.74, 6) is 2.12. The van der Waals surface area contributed by atoms with Crippen LogP contribution in [-0.2, 0) is 4.79 Å². The molecule has 1 aromatic carbocycles. The highest BCUT2D eigenvalue weighted by Gasteiger charge is 2.32. The second kappa shape index (κ2) is 6.61. The van der Waals surface area contributed by atoms with Crippen LogP contribution in [0.3, 0.4) is 0 Å². The largest absolute Gasteiger partial charge is 0.360 e. The number of fused-ring (bicyclic) bond motifs is 1. The van der Waals surface area contributed by atoms with Crippen LogP contribution in [0.1, 0.15) is 23.2 Å². The Morgan fingerprint density at radius 2 is 1.96 bits per heavy atom. The first kappa shape index (κ1) is 15.7. The number of aromatic amines is 1. The summed E-state index contributed by atoms with van der Waals surface area (Å²) >= 11 is 1.76. The minimum atomic E-state index is -0.0455. The van der Waals surface area contributed by atoms with Crippen molar-refractivity contribution >= 4 is 34.4 Å². The predicted octanol–water partition coefficient (Wildman–Crippen LogP) is 2.25. The first-order valence-electron chi connectivity index (χ1n) is 8.44. The molecule has 0 radical (unpaired) electrons. The van der Waals surface area contributed by atoms with E-state index in [-0.39, 0.29) is 23.7 Å². The lowest BCUT2D eigenvalue weighted by Crippen LogP contribution is -2.48. The standard InChI is InChI=1S/C18H21N3O2S/c22-17(14-9-19-15-4-2-1-3-13(14)15)12-5-7-21(8-6-12)18(23)16-10-24-11-20-16/h1-4,9,12,16,19-20H,5-8,10-11H2. The Morgan fingerprint density at radius 1 is 1.17 bits per heavy atom. The number of likely N-dealkylation sites (tertiary alicyclic amines) is 1. The quantitative estimate of drug-likeness (QED) is 0.839. The molecule has 126 valence electrons. The molecule has 0 aliphatic carbocycles. The molecule has 2 saturated heterocycles. The fraction of sp³-hybridized carbons (Fsp3) is 0.444. The maximum Gasteiger partial charge on any atom is 0.240 e. The van der Waals surface area contributed by atoms with Crippen LogP contribution in [0.4, 0.5) is 0 Å². The number of hydrogen-bond acceptors (Lipinski definition) is 4. The molecule has 1 aromatic heterocycles. The van der Waals surface area contributed by atoms with Crippen LogP contribution in [0.2, 0.25) is 0 Å². The number of thioether (sulfide) groups is 1. The lowest BCUT2D eigenvalue weighted by Gasteiger charge is -2.32. The molecule has 5 nitrogen and oxygen atoms in total. The van der Waals surface area contributed by atoms with Crippen molar-refractivity contribution in [3.63, 3.8) is 0 Å². The lowest BCUT2D eigenvalue weighted by molar-refractivity contribution is -0.133. The molecule has 6 heteroatoms. The van der Waals surface area contributed by atoms with E-state index in [4.69, 9.17) is 0 Å². The van der Waals surface area contributed by atoms with Crippen molar-refractivity contribution in [2.75, 3.05) is 24.7 Å². The van der Waals surface area contributed by atoms with Gasteiger partial charge in [0.1, 0.15) is 0 Å². The number of hydrogen-bond donors (Lipinski definition) is 2. The van der Waals surface area contributed by atoms with E-state index in [2.05, 4.69) is 10.3 Å². The van der Waals surface area contributed by atoms with Crippen LogP contribution >= 0.6 is 11.8 Å². The maximum absolute atomic E-state index is 12.9. The van der Waals surface area contributed by atoms with Gasteiger partial charge in [0.05, 0.1) is 6.04 Å². The molecule has 0 saturated carbocycles. The number of carbonyl (C=O) groups excluding carboxylic acids is 2. The molecule has 2 aliphatic heterocycles. The van der Waals surface area contributed by atoms with E-state index in [1.807, 2.05) is 35.4 Å². The van der Waals surface area contributed by atoms with Gasteiger partial charge < -0.3 is 9.88 Å². The summed E-state index contributed by atoms with van der Waals surface area (Å²) < 4.78 is 0. The number of amides is 1. The number of aromatic nitrogens is 1. The molecule has 2 aromatic rings. The maximum atomic E-state index is 12.9. The SMILES string of the molecule is O=C(c1c[nH]c2ccccc12)C1CCN(C(=O)C2CSCN2)CC1. The fourth-order valence-electron chi connectivity index (χ4n) is 3.63. The van der Waals surface area contributed by atoms with Crippen molar-refractivity contribution in [2.45, 2.75) is 18.9 Å². The van der Waals surface area contributed by atoms with E-state index in [9.17, 15) is 9.59 Å². The van der Waals surface area contributed by atoms with E-state index in [0.717, 1.165) is 40.9 Å². The molecule has 0 bridgehead atoms. The van der Waals surface area contributed by atoms with Gasteiger partial charge in [0.25, 0.3) is 0 Å². The van der Waals surface area contributed by atoms with Crippen LogP contribution in [0.25, 0.3) is 10.9 Å². The number of para-hydroxylation sites is 1. The highest BCUT2D eigenvalue weighted by atomic mass is 32.2. The van der Waals surface area contributed by atoms with Gasteiger partial charge in [0, 0.05) is 53.3 Å². The number of nitrogens with one attached hydrogen (secondary N) is 2. The molecule has 1 amide bonds. The first-order valence-corrected chi connectivity index (χ1v) is 9.60. The highest BCUT2D eigenvalue weighted by molar-refractivity contribution is 7.99. The third-order valence-electron chi connectivity index (χ3n) is 5.05. The summed E-state index contributed by atoms with van der Waals surface area (Å²) in [6.45, 7) is 1.36. The van der Waals surface area contributed by atoms with Gasteiger partial charge in [0.2, 0.25) is 5.91 Å². The average molecular weight is 343 g/mol. The van der Waals surface area contributed by atoms with Crippen LogP contribution in [0.5, 0.6) is 0 Å². The third kappa shape index (κ3) is 2.84. The number of H-pyrrole nitrogens is 1. The van der Waals surface area contributed by atoms with Gasteiger partial charge in [-0.25, -0.2) is 0 Å².